The number of benzene rings is 1. The van der Waals surface area contributed by atoms with Gasteiger partial charge in [0, 0.05) is 24.0 Å². The average molecular weight is 551 g/mol. The van der Waals surface area contributed by atoms with Crippen molar-refractivity contribution in [2.24, 2.45) is 0 Å². The number of rotatable bonds is 6. The maximum atomic E-state index is 13.1. The first kappa shape index (κ1) is 27.0. The van der Waals surface area contributed by atoms with Gasteiger partial charge in [-0.1, -0.05) is 0 Å². The molecule has 0 aliphatic carbocycles. The second-order valence-corrected chi connectivity index (χ2v) is 12.2. The molecule has 3 amide bonds. The van der Waals surface area contributed by atoms with Crippen LogP contribution in [0.3, 0.4) is 0 Å². The quantitative estimate of drug-likeness (QED) is 0.565. The van der Waals surface area contributed by atoms with Gasteiger partial charge in [0.1, 0.15) is 11.7 Å². The summed E-state index contributed by atoms with van der Waals surface area (Å²) in [5.74, 6) is -0.825. The van der Waals surface area contributed by atoms with Gasteiger partial charge in [0.25, 0.3) is 11.8 Å². The molecule has 1 fully saturated rings. The molecule has 0 radical (unpaired) electrons. The van der Waals surface area contributed by atoms with Crippen molar-refractivity contribution in [2.75, 3.05) is 38.9 Å². The zero-order valence-corrected chi connectivity index (χ0v) is 22.8. The van der Waals surface area contributed by atoms with Crippen molar-refractivity contribution in [3.63, 3.8) is 0 Å². The molecule has 13 heteroatoms. The Bertz CT molecular complexity index is 1320. The summed E-state index contributed by atoms with van der Waals surface area (Å²) in [4.78, 5) is 40.4. The van der Waals surface area contributed by atoms with E-state index >= 15 is 0 Å². The fourth-order valence-corrected chi connectivity index (χ4v) is 7.23. The number of hydrogen-bond acceptors (Lipinski definition) is 8. The molecule has 11 nitrogen and oxygen atoms in total. The molecular formula is C24H30N4O7S2. The topological polar surface area (TPSA) is 134 Å². The van der Waals surface area contributed by atoms with Crippen molar-refractivity contribution in [2.45, 2.75) is 44.2 Å². The van der Waals surface area contributed by atoms with Crippen LogP contribution in [0.5, 0.6) is 0 Å². The van der Waals surface area contributed by atoms with E-state index in [0.717, 1.165) is 10.4 Å². The van der Waals surface area contributed by atoms with E-state index in [9.17, 15) is 22.8 Å². The highest BCUT2D eigenvalue weighted by molar-refractivity contribution is 7.89. The molecule has 0 spiro atoms. The standard InChI is InChI=1S/C24H30N4O7S2/c1-5-35-23(31)27-11-10-17-18(12-27)36-22(19(17)21(30)25-4)26-20(29)15-6-8-16(9-7-15)37(32,33)28-14-34-13-24(28,2)3/h6-9H,5,10-14H2,1-4H3,(H,25,30)(H,26,29). The molecule has 200 valence electrons. The van der Waals surface area contributed by atoms with Gasteiger partial charge < -0.3 is 25.0 Å². The normalized spacial score (nSPS) is 17.2. The number of carbonyl (C=O) groups excluding carboxylic acids is 3. The highest BCUT2D eigenvalue weighted by Crippen LogP contribution is 2.38. The number of fused-ring (bicyclic) bond motifs is 1. The Morgan fingerprint density at radius 3 is 2.46 bits per heavy atom. The van der Waals surface area contributed by atoms with Crippen molar-refractivity contribution >= 4 is 44.3 Å². The lowest BCUT2D eigenvalue weighted by Crippen LogP contribution is -2.44. The smallest absolute Gasteiger partial charge is 0.410 e. The predicted octanol–water partition coefficient (Wildman–Crippen LogP) is 2.63. The Kier molecular flexibility index (Phi) is 7.60. The van der Waals surface area contributed by atoms with Gasteiger partial charge in [0.15, 0.2) is 0 Å². The van der Waals surface area contributed by atoms with E-state index in [-0.39, 0.29) is 36.2 Å². The number of amides is 3. The first-order chi connectivity index (χ1) is 17.5. The maximum absolute atomic E-state index is 13.1. The van der Waals surface area contributed by atoms with Crippen LogP contribution in [0, 0.1) is 0 Å². The highest BCUT2D eigenvalue weighted by atomic mass is 32.2. The summed E-state index contributed by atoms with van der Waals surface area (Å²) in [6.07, 6.45) is 0.0272. The highest BCUT2D eigenvalue weighted by Gasteiger charge is 2.42. The number of nitrogens with one attached hydrogen (secondary N) is 2. The van der Waals surface area contributed by atoms with Crippen LogP contribution in [-0.4, -0.2) is 74.6 Å². The largest absolute Gasteiger partial charge is 0.450 e. The Morgan fingerprint density at radius 1 is 1.16 bits per heavy atom. The van der Waals surface area contributed by atoms with E-state index in [1.807, 2.05) is 0 Å². The zero-order valence-electron chi connectivity index (χ0n) is 21.1. The molecule has 0 unspecified atom stereocenters. The number of carbonyl (C=O) groups is 3. The number of nitrogens with zero attached hydrogens (tertiary/aromatic N) is 2. The van der Waals surface area contributed by atoms with Gasteiger partial charge in [-0.3, -0.25) is 9.59 Å². The van der Waals surface area contributed by atoms with Gasteiger partial charge in [0.2, 0.25) is 10.0 Å². The summed E-state index contributed by atoms with van der Waals surface area (Å²) < 4.78 is 37.9. The van der Waals surface area contributed by atoms with Crippen molar-refractivity contribution in [1.29, 1.82) is 0 Å². The van der Waals surface area contributed by atoms with Gasteiger partial charge in [-0.2, -0.15) is 4.31 Å². The molecule has 0 saturated carbocycles. The number of sulfonamides is 1. The van der Waals surface area contributed by atoms with E-state index in [1.165, 1.54) is 47.0 Å². The van der Waals surface area contributed by atoms with Crippen LogP contribution in [0.25, 0.3) is 0 Å². The second-order valence-electron chi connectivity index (χ2n) is 9.28. The number of ether oxygens (including phenoxy) is 2. The molecule has 0 bridgehead atoms. The van der Waals surface area contributed by atoms with Crippen LogP contribution in [0.1, 0.15) is 51.9 Å². The summed E-state index contributed by atoms with van der Waals surface area (Å²) in [6.45, 7) is 6.52. The summed E-state index contributed by atoms with van der Waals surface area (Å²) in [7, 11) is -2.29. The van der Waals surface area contributed by atoms with Crippen LogP contribution in [-0.2, 0) is 32.5 Å². The van der Waals surface area contributed by atoms with Gasteiger partial charge in [-0.15, -0.1) is 11.3 Å². The Hall–Kier alpha value is -3.00. The van der Waals surface area contributed by atoms with E-state index < -0.39 is 27.6 Å². The molecule has 1 aromatic carbocycles. The van der Waals surface area contributed by atoms with Crippen LogP contribution in [0.15, 0.2) is 29.2 Å². The first-order valence-corrected chi connectivity index (χ1v) is 14.1. The maximum Gasteiger partial charge on any atom is 0.410 e. The number of thiophene rings is 1. The Labute approximate surface area is 219 Å². The minimum absolute atomic E-state index is 0.0313. The van der Waals surface area contributed by atoms with Gasteiger partial charge in [0.05, 0.1) is 35.8 Å². The molecule has 4 rings (SSSR count). The molecule has 37 heavy (non-hydrogen) atoms. The monoisotopic (exact) mass is 550 g/mol. The lowest BCUT2D eigenvalue weighted by Gasteiger charge is -2.28. The van der Waals surface area contributed by atoms with E-state index in [4.69, 9.17) is 9.47 Å². The molecule has 1 saturated heterocycles. The summed E-state index contributed by atoms with van der Waals surface area (Å²) in [6, 6.07) is 5.63. The summed E-state index contributed by atoms with van der Waals surface area (Å²) in [5, 5.41) is 5.78. The average Bonchev–Trinajstić information content (AvgIpc) is 3.42. The zero-order chi connectivity index (χ0) is 27.0. The minimum atomic E-state index is -3.80. The Morgan fingerprint density at radius 2 is 1.86 bits per heavy atom. The molecule has 2 aromatic rings. The third kappa shape index (κ3) is 5.21. The van der Waals surface area contributed by atoms with Crippen molar-refractivity contribution in [1.82, 2.24) is 14.5 Å². The van der Waals surface area contributed by atoms with Gasteiger partial charge in [-0.05, 0) is 57.0 Å². The third-order valence-corrected chi connectivity index (χ3v) is 9.49. The van der Waals surface area contributed by atoms with Crippen LogP contribution in [0.4, 0.5) is 9.80 Å². The van der Waals surface area contributed by atoms with Crippen LogP contribution >= 0.6 is 11.3 Å². The molecule has 2 aliphatic rings. The van der Waals surface area contributed by atoms with Crippen LogP contribution < -0.4 is 10.6 Å². The summed E-state index contributed by atoms with van der Waals surface area (Å²) >= 11 is 1.23. The summed E-state index contributed by atoms with van der Waals surface area (Å²) in [5.41, 5.74) is 0.719. The van der Waals surface area contributed by atoms with E-state index in [0.29, 0.717) is 30.1 Å². The lowest BCUT2D eigenvalue weighted by molar-refractivity contribution is 0.0961. The number of anilines is 1. The van der Waals surface area contributed by atoms with E-state index in [2.05, 4.69) is 10.6 Å². The van der Waals surface area contributed by atoms with Crippen molar-refractivity contribution < 1.29 is 32.3 Å². The Balaban J connectivity index is 1.56. The first-order valence-electron chi connectivity index (χ1n) is 11.8. The van der Waals surface area contributed by atoms with E-state index in [1.54, 1.807) is 25.7 Å². The van der Waals surface area contributed by atoms with Gasteiger partial charge in [-0.25, -0.2) is 13.2 Å². The lowest BCUT2D eigenvalue weighted by atomic mass is 10.0. The predicted molar refractivity (Wildman–Crippen MR) is 137 cm³/mol. The third-order valence-electron chi connectivity index (χ3n) is 6.31. The molecule has 3 heterocycles. The number of hydrogen-bond donors (Lipinski definition) is 2. The molecule has 1 aromatic heterocycles. The van der Waals surface area contributed by atoms with Gasteiger partial charge >= 0.3 is 6.09 Å². The fourth-order valence-electron chi connectivity index (χ4n) is 4.33. The molecule has 0 atom stereocenters. The molecular weight excluding hydrogens is 520 g/mol. The second kappa shape index (κ2) is 10.4. The van der Waals surface area contributed by atoms with Crippen molar-refractivity contribution in [3.8, 4) is 0 Å². The van der Waals surface area contributed by atoms with Crippen LogP contribution in [0.2, 0.25) is 0 Å². The van der Waals surface area contributed by atoms with Crippen molar-refractivity contribution in [3.05, 3.63) is 45.8 Å². The molecule has 2 aliphatic heterocycles. The minimum Gasteiger partial charge on any atom is -0.450 e. The SMILES string of the molecule is CCOC(=O)N1CCc2c(sc(NC(=O)c3ccc(S(=O)(=O)N4COCC4(C)C)cc3)c2C(=O)NC)C1. The fraction of sp³-hybridized carbons (Fsp3) is 0.458. The molecule has 2 N–H and O–H groups in total.